The molecule has 2 unspecified atom stereocenters. The molecule has 0 radical (unpaired) electrons. The van der Waals surface area contributed by atoms with E-state index in [0.29, 0.717) is 11.6 Å². The number of aliphatic hydroxyl groups is 5. The maximum atomic E-state index is 10.5. The lowest BCUT2D eigenvalue weighted by molar-refractivity contribution is -0.286. The van der Waals surface area contributed by atoms with Crippen LogP contribution in [0, 0.1) is 5.41 Å². The van der Waals surface area contributed by atoms with E-state index in [2.05, 4.69) is 9.73 Å². The third kappa shape index (κ3) is 12.1. The molecule has 35 heavy (non-hydrogen) atoms. The van der Waals surface area contributed by atoms with Crippen molar-refractivity contribution in [2.75, 3.05) is 27.2 Å². The van der Waals surface area contributed by atoms with Crippen molar-refractivity contribution in [2.45, 2.75) is 43.0 Å². The summed E-state index contributed by atoms with van der Waals surface area (Å²) in [5, 5.41) is 61.0. The molecule has 0 spiro atoms. The van der Waals surface area contributed by atoms with Crippen molar-refractivity contribution in [3.63, 3.8) is 0 Å². The lowest BCUT2D eigenvalue weighted by atomic mass is 9.96. The van der Waals surface area contributed by atoms with E-state index in [4.69, 9.17) is 64.9 Å². The first-order valence-corrected chi connectivity index (χ1v) is 10.6. The number of benzene rings is 1. The third-order valence-corrected chi connectivity index (χ3v) is 4.82. The molecule has 0 saturated carbocycles. The fraction of sp³-hybridized carbons (Fsp3) is 0.550. The van der Waals surface area contributed by atoms with Crippen LogP contribution in [0.25, 0.3) is 0 Å². The van der Waals surface area contributed by atoms with Crippen LogP contribution in [-0.4, -0.2) is 111 Å². The first-order valence-electron chi connectivity index (χ1n) is 10.3. The van der Waals surface area contributed by atoms with Gasteiger partial charge in [-0.1, -0.05) is 23.7 Å². The first kappa shape index (κ1) is 32.4. The molecule has 14 nitrogen and oxygen atoms in total. The van der Waals surface area contributed by atoms with Gasteiger partial charge in [0.1, 0.15) is 24.4 Å². The minimum absolute atomic E-state index is 0.0509. The molecule has 1 heterocycles. The summed E-state index contributed by atoms with van der Waals surface area (Å²) in [5.41, 5.74) is 16.4. The molecule has 0 aromatic heterocycles. The molecule has 13 N–H and O–H groups in total. The van der Waals surface area contributed by atoms with Gasteiger partial charge in [-0.2, -0.15) is 4.99 Å². The van der Waals surface area contributed by atoms with E-state index in [1.807, 2.05) is 12.1 Å². The Labute approximate surface area is 207 Å². The molecule has 2 rings (SSSR count). The van der Waals surface area contributed by atoms with Crippen molar-refractivity contribution >= 4 is 29.5 Å². The highest BCUT2D eigenvalue weighted by Crippen LogP contribution is 2.21. The Morgan fingerprint density at radius 1 is 1.14 bits per heavy atom. The second kappa shape index (κ2) is 16.2. The van der Waals surface area contributed by atoms with E-state index in [-0.39, 0.29) is 24.3 Å². The first-order chi connectivity index (χ1) is 16.2. The van der Waals surface area contributed by atoms with E-state index in [9.17, 15) is 4.79 Å². The standard InChI is InChI=1S/C10H12ClNO2.C6H12O6.C4H11N5/c11-9-3-1-7(2-4-9)8(6-12)5-10(13)14;7-1-2-3(8)4(9)5(10)6(11)12-2;1-9(2)4(7)8-3(5)6/h1-4,8H,5-6,12H2,(H,13,14);2-11H,1H2;1-2H3,(H5,5,6,7,8)/t;2-,3-,4+,5+,6?;/m.1./s1. The summed E-state index contributed by atoms with van der Waals surface area (Å²) in [7, 11) is 3.38. The number of hydrogen-bond donors (Lipinski definition) is 10. The Kier molecular flexibility index (Phi) is 15.0. The number of guanidine groups is 2. The number of nitrogens with zero attached hydrogens (tertiary/aromatic N) is 2. The number of ether oxygens (including phenoxy) is 1. The van der Waals surface area contributed by atoms with Crippen LogP contribution in [0.3, 0.4) is 0 Å². The average molecular weight is 523 g/mol. The monoisotopic (exact) mass is 522 g/mol. The lowest BCUT2D eigenvalue weighted by Crippen LogP contribution is -2.58. The van der Waals surface area contributed by atoms with Crippen molar-refractivity contribution < 1.29 is 40.2 Å². The summed E-state index contributed by atoms with van der Waals surface area (Å²) in [4.78, 5) is 15.5. The van der Waals surface area contributed by atoms with Gasteiger partial charge < -0.3 is 57.5 Å². The highest BCUT2D eigenvalue weighted by atomic mass is 35.5. The van der Waals surface area contributed by atoms with Gasteiger partial charge in [0.15, 0.2) is 12.2 Å². The van der Waals surface area contributed by atoms with Crippen molar-refractivity contribution in [3.05, 3.63) is 34.9 Å². The molecule has 1 aliphatic heterocycles. The van der Waals surface area contributed by atoms with Crippen LogP contribution < -0.4 is 17.2 Å². The molecular weight excluding hydrogens is 488 g/mol. The van der Waals surface area contributed by atoms with Crippen LogP contribution in [0.5, 0.6) is 0 Å². The average Bonchev–Trinajstić information content (AvgIpc) is 2.79. The van der Waals surface area contributed by atoms with Crippen LogP contribution >= 0.6 is 11.6 Å². The highest BCUT2D eigenvalue weighted by Gasteiger charge is 2.42. The van der Waals surface area contributed by atoms with Gasteiger partial charge in [-0.05, 0) is 24.2 Å². The zero-order valence-electron chi connectivity index (χ0n) is 19.4. The zero-order chi connectivity index (χ0) is 27.3. The molecule has 0 bridgehead atoms. The predicted octanol–water partition coefficient (Wildman–Crippen LogP) is -2.61. The summed E-state index contributed by atoms with van der Waals surface area (Å²) < 4.78 is 4.58. The van der Waals surface area contributed by atoms with E-state index < -0.39 is 43.3 Å². The molecule has 0 aliphatic carbocycles. The summed E-state index contributed by atoms with van der Waals surface area (Å²) in [5.74, 6) is -1.01. The number of halogens is 1. The zero-order valence-corrected chi connectivity index (χ0v) is 20.2. The maximum Gasteiger partial charge on any atom is 0.304 e. The molecule has 1 aromatic carbocycles. The molecule has 6 atom stereocenters. The van der Waals surface area contributed by atoms with E-state index in [0.717, 1.165) is 5.56 Å². The summed E-state index contributed by atoms with van der Waals surface area (Å²) in [6.07, 6.45) is -6.99. The Bertz CT molecular complexity index is 805. The minimum Gasteiger partial charge on any atom is -0.481 e. The van der Waals surface area contributed by atoms with Gasteiger partial charge in [-0.25, -0.2) is 0 Å². The highest BCUT2D eigenvalue weighted by molar-refractivity contribution is 6.30. The molecule has 15 heteroatoms. The van der Waals surface area contributed by atoms with Gasteiger partial charge in [0.05, 0.1) is 13.0 Å². The molecule has 200 valence electrons. The molecule has 1 aromatic rings. The number of rotatable bonds is 5. The molecule has 1 saturated heterocycles. The molecular formula is C20H35ClN6O8. The Balaban J connectivity index is 0.000000509. The van der Waals surface area contributed by atoms with Crippen LogP contribution in [-0.2, 0) is 9.53 Å². The van der Waals surface area contributed by atoms with Gasteiger partial charge >= 0.3 is 5.97 Å². The van der Waals surface area contributed by atoms with Gasteiger partial charge in [-0.15, -0.1) is 0 Å². The Morgan fingerprint density at radius 3 is 2.06 bits per heavy atom. The number of aliphatic carboxylic acids is 1. The normalized spacial score (nSPS) is 24.0. The maximum absolute atomic E-state index is 10.5. The fourth-order valence-electron chi connectivity index (χ4n) is 2.59. The van der Waals surface area contributed by atoms with Crippen LogP contribution in [0.1, 0.15) is 17.9 Å². The number of carboxylic acids is 1. The van der Waals surface area contributed by atoms with Gasteiger partial charge in [-0.3, -0.25) is 10.2 Å². The van der Waals surface area contributed by atoms with E-state index in [1.54, 1.807) is 26.2 Å². The summed E-state index contributed by atoms with van der Waals surface area (Å²) in [6.45, 7) is -0.198. The van der Waals surface area contributed by atoms with Gasteiger partial charge in [0.25, 0.3) is 0 Å². The molecule has 1 fully saturated rings. The number of carbonyl (C=O) groups is 1. The molecule has 1 aliphatic rings. The van der Waals surface area contributed by atoms with Crippen molar-refractivity contribution in [3.8, 4) is 0 Å². The molecule has 0 amide bonds. The summed E-state index contributed by atoms with van der Waals surface area (Å²) in [6, 6.07) is 7.09. The minimum atomic E-state index is -1.57. The fourth-order valence-corrected chi connectivity index (χ4v) is 2.71. The van der Waals surface area contributed by atoms with Gasteiger partial charge in [0, 0.05) is 25.0 Å². The SMILES string of the molecule is CN(C)C(=N)N=C(N)N.NCC(CC(=O)O)c1ccc(Cl)cc1.OC[C@H]1OC(O)[C@@H](O)[C@@H](O)[C@@H]1O. The largest absolute Gasteiger partial charge is 0.481 e. The lowest BCUT2D eigenvalue weighted by Gasteiger charge is -2.37. The van der Waals surface area contributed by atoms with Crippen molar-refractivity contribution in [1.29, 1.82) is 5.41 Å². The topological polar surface area (TPSA) is 265 Å². The predicted molar refractivity (Wildman–Crippen MR) is 129 cm³/mol. The van der Waals surface area contributed by atoms with Crippen molar-refractivity contribution in [1.82, 2.24) is 4.90 Å². The quantitative estimate of drug-likeness (QED) is 0.141. The number of hydrogen-bond acceptors (Lipinski definition) is 9. The van der Waals surface area contributed by atoms with Crippen LogP contribution in [0.4, 0.5) is 0 Å². The van der Waals surface area contributed by atoms with E-state index >= 15 is 0 Å². The van der Waals surface area contributed by atoms with Crippen LogP contribution in [0.2, 0.25) is 5.02 Å². The number of aliphatic hydroxyl groups excluding tert-OH is 5. The van der Waals surface area contributed by atoms with Crippen LogP contribution in [0.15, 0.2) is 29.3 Å². The Morgan fingerprint density at radius 2 is 1.69 bits per heavy atom. The third-order valence-electron chi connectivity index (χ3n) is 4.57. The number of carboxylic acid groups (broad SMARTS) is 1. The second-order valence-corrected chi connectivity index (χ2v) is 7.99. The van der Waals surface area contributed by atoms with Gasteiger partial charge in [0.2, 0.25) is 5.96 Å². The van der Waals surface area contributed by atoms with Crippen molar-refractivity contribution in [2.24, 2.45) is 22.2 Å². The summed E-state index contributed by atoms with van der Waals surface area (Å²) >= 11 is 5.72. The number of aliphatic imine (C=N–C) groups is 1. The number of nitrogens with two attached hydrogens (primary N) is 3. The second-order valence-electron chi connectivity index (χ2n) is 7.56. The smallest absolute Gasteiger partial charge is 0.304 e. The van der Waals surface area contributed by atoms with E-state index in [1.165, 1.54) is 4.90 Å². The number of nitrogens with one attached hydrogen (secondary N) is 1. The Hall–Kier alpha value is -2.56.